The zero-order valence-electron chi connectivity index (χ0n) is 34.2. The number of hydrogen-bond acceptors (Lipinski definition) is 4. The fraction of sp³-hybridized carbons (Fsp3) is 0. The van der Waals surface area contributed by atoms with Gasteiger partial charge in [-0.25, -0.2) is 4.98 Å². The Bertz CT molecular complexity index is 4140. The van der Waals surface area contributed by atoms with Gasteiger partial charge in [0.1, 0.15) is 5.58 Å². The summed E-state index contributed by atoms with van der Waals surface area (Å²) in [6.07, 6.45) is 0. The molecule has 0 aliphatic heterocycles. The molecule has 298 valence electrons. The summed E-state index contributed by atoms with van der Waals surface area (Å²) >= 11 is 0. The summed E-state index contributed by atoms with van der Waals surface area (Å²) in [6, 6.07) is 72.4. The number of nitrogens with zero attached hydrogens (tertiary/aromatic N) is 6. The average Bonchev–Trinajstić information content (AvgIpc) is 4.11. The highest BCUT2D eigenvalue weighted by molar-refractivity contribution is 6.24. The number of hydrogen-bond donors (Lipinski definition) is 0. The van der Waals surface area contributed by atoms with Crippen LogP contribution in [0.5, 0.6) is 0 Å². The van der Waals surface area contributed by atoms with Gasteiger partial charge in [-0.15, -0.1) is 0 Å². The van der Waals surface area contributed by atoms with Gasteiger partial charge in [0, 0.05) is 59.9 Å². The molecule has 64 heavy (non-hydrogen) atoms. The summed E-state index contributed by atoms with van der Waals surface area (Å²) in [5, 5.41) is 9.12. The molecule has 5 aromatic heterocycles. The molecule has 0 bridgehead atoms. The van der Waals surface area contributed by atoms with Crippen LogP contribution in [0, 0.1) is 0 Å². The number of furan rings is 1. The maximum atomic E-state index is 7.08. The predicted octanol–water partition coefficient (Wildman–Crippen LogP) is 14.4. The third-order valence-electron chi connectivity index (χ3n) is 12.9. The first-order valence-electron chi connectivity index (χ1n) is 21.5. The van der Waals surface area contributed by atoms with Crippen molar-refractivity contribution in [1.29, 1.82) is 0 Å². The van der Waals surface area contributed by atoms with Crippen LogP contribution in [-0.4, -0.2) is 28.7 Å². The number of fused-ring (bicyclic) bond motifs is 13. The first kappa shape index (κ1) is 34.9. The van der Waals surface area contributed by atoms with E-state index in [0.717, 1.165) is 88.3 Å². The quantitative estimate of drug-likeness (QED) is 0.173. The second kappa shape index (κ2) is 13.3. The Hall–Kier alpha value is -8.81. The van der Waals surface area contributed by atoms with E-state index >= 15 is 0 Å². The van der Waals surface area contributed by atoms with Crippen LogP contribution in [0.25, 0.3) is 127 Å². The van der Waals surface area contributed by atoms with Crippen molar-refractivity contribution >= 4 is 87.4 Å². The van der Waals surface area contributed by atoms with Gasteiger partial charge in [0.25, 0.3) is 0 Å². The number of benzene rings is 9. The molecule has 0 atom stereocenters. The molecule has 14 rings (SSSR count). The summed E-state index contributed by atoms with van der Waals surface area (Å²) < 4.78 is 14.1. The summed E-state index contributed by atoms with van der Waals surface area (Å²) in [5.41, 5.74) is 12.0. The number of rotatable bonds is 5. The molecule has 7 heteroatoms. The topological polar surface area (TPSA) is 66.6 Å². The highest BCUT2D eigenvalue weighted by Crippen LogP contribution is 2.44. The van der Waals surface area contributed by atoms with Gasteiger partial charge in [-0.2, -0.15) is 9.97 Å². The molecular formula is C57H34N6O. The van der Waals surface area contributed by atoms with E-state index in [1.165, 1.54) is 21.5 Å². The van der Waals surface area contributed by atoms with Crippen LogP contribution in [0.2, 0.25) is 0 Å². The second-order valence-corrected chi connectivity index (χ2v) is 16.4. The van der Waals surface area contributed by atoms with Crippen molar-refractivity contribution in [3.8, 4) is 40.1 Å². The molecule has 0 radical (unpaired) electrons. The lowest BCUT2D eigenvalue weighted by molar-refractivity contribution is 0.666. The highest BCUT2D eigenvalue weighted by atomic mass is 16.3. The van der Waals surface area contributed by atoms with Crippen LogP contribution in [-0.2, 0) is 0 Å². The monoisotopic (exact) mass is 818 g/mol. The summed E-state index contributed by atoms with van der Waals surface area (Å²) in [5.74, 6) is 1.71. The summed E-state index contributed by atoms with van der Waals surface area (Å²) in [4.78, 5) is 15.5. The minimum Gasteiger partial charge on any atom is -0.454 e. The van der Waals surface area contributed by atoms with Gasteiger partial charge in [0.15, 0.2) is 17.2 Å². The van der Waals surface area contributed by atoms with E-state index < -0.39 is 0 Å². The number of aromatic nitrogens is 6. The smallest absolute Gasteiger partial charge is 0.238 e. The van der Waals surface area contributed by atoms with Gasteiger partial charge in [0.05, 0.1) is 38.8 Å². The fourth-order valence-corrected chi connectivity index (χ4v) is 10.1. The zero-order valence-corrected chi connectivity index (χ0v) is 34.2. The van der Waals surface area contributed by atoms with Crippen molar-refractivity contribution in [2.75, 3.05) is 0 Å². The van der Waals surface area contributed by atoms with Gasteiger partial charge in [-0.3, -0.25) is 4.57 Å². The van der Waals surface area contributed by atoms with E-state index in [4.69, 9.17) is 19.4 Å². The van der Waals surface area contributed by atoms with Crippen molar-refractivity contribution in [3.63, 3.8) is 0 Å². The maximum Gasteiger partial charge on any atom is 0.238 e. The van der Waals surface area contributed by atoms with E-state index in [-0.39, 0.29) is 0 Å². The molecule has 0 saturated heterocycles. The Morgan fingerprint density at radius 2 is 0.812 bits per heavy atom. The summed E-state index contributed by atoms with van der Waals surface area (Å²) in [6.45, 7) is 0. The first-order chi connectivity index (χ1) is 31.8. The lowest BCUT2D eigenvalue weighted by atomic mass is 10.1. The van der Waals surface area contributed by atoms with Gasteiger partial charge in [0.2, 0.25) is 5.95 Å². The zero-order chi connectivity index (χ0) is 41.9. The van der Waals surface area contributed by atoms with E-state index in [2.05, 4.69) is 190 Å². The number of para-hydroxylation sites is 6. The molecule has 0 aliphatic carbocycles. The van der Waals surface area contributed by atoms with Crippen LogP contribution in [0.15, 0.2) is 211 Å². The van der Waals surface area contributed by atoms with Crippen LogP contribution in [0.1, 0.15) is 0 Å². The van der Waals surface area contributed by atoms with Crippen LogP contribution < -0.4 is 0 Å². The van der Waals surface area contributed by atoms with Crippen LogP contribution in [0.4, 0.5) is 0 Å². The second-order valence-electron chi connectivity index (χ2n) is 16.4. The molecule has 7 nitrogen and oxygen atoms in total. The molecule has 0 N–H and O–H groups in total. The standard InChI is InChI=1S/C57H34N6O/c1-3-16-35(17-4-1)55-58-56(60-57(59-55)63-48-27-13-7-20-38(48)39-21-8-14-28-49(39)63)36-30-31-42-45-24-15-29-50(54(45)64-51(42)34-36)62-47-26-12-10-23-41(47)44-33-32-43-40-22-9-11-25-46(40)61(52(43)53(44)62)37-18-5-2-6-19-37/h1-34H. The Kier molecular flexibility index (Phi) is 7.27. The van der Waals surface area contributed by atoms with Crippen molar-refractivity contribution in [2.45, 2.75) is 0 Å². The normalized spacial score (nSPS) is 12.1. The average molecular weight is 819 g/mol. The van der Waals surface area contributed by atoms with Gasteiger partial charge >= 0.3 is 0 Å². The molecule has 0 saturated carbocycles. The van der Waals surface area contributed by atoms with E-state index in [0.29, 0.717) is 17.6 Å². The first-order valence-corrected chi connectivity index (χ1v) is 21.5. The molecule has 0 spiro atoms. The van der Waals surface area contributed by atoms with Crippen molar-refractivity contribution in [3.05, 3.63) is 206 Å². The van der Waals surface area contributed by atoms with E-state index in [1.54, 1.807) is 0 Å². The predicted molar refractivity (Wildman–Crippen MR) is 261 cm³/mol. The summed E-state index contributed by atoms with van der Waals surface area (Å²) in [7, 11) is 0. The highest BCUT2D eigenvalue weighted by Gasteiger charge is 2.24. The van der Waals surface area contributed by atoms with Crippen LogP contribution in [0.3, 0.4) is 0 Å². The van der Waals surface area contributed by atoms with Crippen LogP contribution >= 0.6 is 0 Å². The maximum absolute atomic E-state index is 7.08. The Balaban J connectivity index is 1.02. The van der Waals surface area contributed by atoms with Crippen molar-refractivity contribution in [1.82, 2.24) is 28.7 Å². The largest absolute Gasteiger partial charge is 0.454 e. The van der Waals surface area contributed by atoms with E-state index in [1.807, 2.05) is 30.3 Å². The lowest BCUT2D eigenvalue weighted by Crippen LogP contribution is -2.06. The minimum atomic E-state index is 0.554. The molecule has 5 heterocycles. The molecule has 9 aromatic carbocycles. The lowest BCUT2D eigenvalue weighted by Gasteiger charge is -2.12. The van der Waals surface area contributed by atoms with Crippen molar-refractivity contribution in [2.24, 2.45) is 0 Å². The molecule has 0 amide bonds. The molecule has 14 aromatic rings. The van der Waals surface area contributed by atoms with E-state index in [9.17, 15) is 0 Å². The molecule has 0 fully saturated rings. The Labute approximate surface area is 365 Å². The molecule has 0 aliphatic rings. The third kappa shape index (κ3) is 4.94. The molecule has 0 unspecified atom stereocenters. The minimum absolute atomic E-state index is 0.554. The fourth-order valence-electron chi connectivity index (χ4n) is 10.1. The van der Waals surface area contributed by atoms with Gasteiger partial charge < -0.3 is 13.6 Å². The Morgan fingerprint density at radius 1 is 0.328 bits per heavy atom. The van der Waals surface area contributed by atoms with Gasteiger partial charge in [-0.05, 0) is 54.6 Å². The Morgan fingerprint density at radius 3 is 1.45 bits per heavy atom. The van der Waals surface area contributed by atoms with Crippen molar-refractivity contribution < 1.29 is 4.42 Å². The van der Waals surface area contributed by atoms with Gasteiger partial charge in [-0.1, -0.05) is 152 Å². The molecular weight excluding hydrogens is 785 g/mol. The SMILES string of the molecule is c1ccc(-c2nc(-c3ccc4c(c3)oc3c(-n5c6ccccc6c6ccc7c8ccccc8n(-c8ccccc8)c7c65)cccc34)nc(-n3c4ccccc4c4ccccc43)n2)cc1. The third-order valence-corrected chi connectivity index (χ3v) is 12.9.